The van der Waals surface area contributed by atoms with Crippen molar-refractivity contribution in [3.8, 4) is 11.1 Å². The van der Waals surface area contributed by atoms with E-state index < -0.39 is 0 Å². The maximum absolute atomic E-state index is 12.6. The molecular formula is C29H32O. The lowest BCUT2D eigenvalue weighted by molar-refractivity contribution is -0.123. The molecule has 0 saturated heterocycles. The minimum atomic E-state index is -0.124. The number of benzene rings is 3. The van der Waals surface area contributed by atoms with Crippen LogP contribution in [-0.4, -0.2) is 5.78 Å². The number of carbonyl (C=O) groups excluding carboxylic acids is 1. The lowest BCUT2D eigenvalue weighted by Gasteiger charge is -2.40. The van der Waals surface area contributed by atoms with Crippen molar-refractivity contribution in [1.82, 2.24) is 0 Å². The highest BCUT2D eigenvalue weighted by Crippen LogP contribution is 2.55. The molecule has 0 N–H and O–H groups in total. The van der Waals surface area contributed by atoms with Crippen LogP contribution in [0.1, 0.15) is 63.6 Å². The Labute approximate surface area is 181 Å². The van der Waals surface area contributed by atoms with Gasteiger partial charge in [-0.05, 0) is 58.6 Å². The highest BCUT2D eigenvalue weighted by atomic mass is 16.1. The summed E-state index contributed by atoms with van der Waals surface area (Å²) < 4.78 is 0. The predicted molar refractivity (Wildman–Crippen MR) is 126 cm³/mol. The summed E-state index contributed by atoms with van der Waals surface area (Å²) in [5, 5.41) is 0. The first-order chi connectivity index (χ1) is 14.2. The highest BCUT2D eigenvalue weighted by Gasteiger charge is 2.51. The topological polar surface area (TPSA) is 17.1 Å². The lowest BCUT2D eigenvalue weighted by Crippen LogP contribution is -2.39. The largest absolute Gasteiger partial charge is 0.300 e. The molecule has 3 atom stereocenters. The Bertz CT molecular complexity index is 1050. The van der Waals surface area contributed by atoms with Crippen LogP contribution in [0.3, 0.4) is 0 Å². The molecule has 0 heterocycles. The van der Waals surface area contributed by atoms with Crippen molar-refractivity contribution in [3.05, 3.63) is 95.6 Å². The average molecular weight is 397 g/mol. The molecule has 5 rings (SSSR count). The van der Waals surface area contributed by atoms with E-state index in [1.807, 2.05) is 0 Å². The molecule has 0 bridgehead atoms. The van der Waals surface area contributed by atoms with Gasteiger partial charge in [-0.3, -0.25) is 4.79 Å². The van der Waals surface area contributed by atoms with E-state index in [1.54, 1.807) is 6.92 Å². The SMILES string of the molecule is CC(=O)C1C(C)c2ccccc2C1(C)CC(C)(C)c1ccccc1.c1cc2cc-2c1. The maximum Gasteiger partial charge on any atom is 0.134 e. The summed E-state index contributed by atoms with van der Waals surface area (Å²) in [7, 11) is 0. The zero-order valence-corrected chi connectivity index (χ0v) is 18.8. The van der Waals surface area contributed by atoms with Crippen LogP contribution in [0.5, 0.6) is 0 Å². The first-order valence-corrected chi connectivity index (χ1v) is 11.0. The number of carbonyl (C=O) groups is 1. The van der Waals surface area contributed by atoms with Gasteiger partial charge in [-0.25, -0.2) is 0 Å². The van der Waals surface area contributed by atoms with Crippen LogP contribution in [0, 0.1) is 5.92 Å². The third-order valence-corrected chi connectivity index (χ3v) is 7.17. The Kier molecular flexibility index (Phi) is 5.18. The smallest absolute Gasteiger partial charge is 0.134 e. The lowest BCUT2D eigenvalue weighted by atomic mass is 9.63. The second-order valence-corrected chi connectivity index (χ2v) is 9.89. The van der Waals surface area contributed by atoms with Crippen LogP contribution in [0.4, 0.5) is 0 Å². The van der Waals surface area contributed by atoms with Crippen molar-refractivity contribution in [2.24, 2.45) is 5.92 Å². The van der Waals surface area contributed by atoms with E-state index in [0.717, 1.165) is 6.42 Å². The number of rotatable bonds is 4. The van der Waals surface area contributed by atoms with Crippen molar-refractivity contribution in [2.45, 2.75) is 57.8 Å². The van der Waals surface area contributed by atoms with Gasteiger partial charge in [-0.2, -0.15) is 0 Å². The van der Waals surface area contributed by atoms with Crippen molar-refractivity contribution in [1.29, 1.82) is 0 Å². The Morgan fingerprint density at radius 1 is 0.900 bits per heavy atom. The first-order valence-electron chi connectivity index (χ1n) is 11.0. The van der Waals surface area contributed by atoms with Gasteiger partial charge in [0.2, 0.25) is 0 Å². The number of fused-ring (bicyclic) bond motifs is 2. The van der Waals surface area contributed by atoms with Gasteiger partial charge in [-0.15, -0.1) is 0 Å². The monoisotopic (exact) mass is 396 g/mol. The fourth-order valence-electron chi connectivity index (χ4n) is 5.90. The number of ketones is 1. The Morgan fingerprint density at radius 2 is 1.50 bits per heavy atom. The molecular weight excluding hydrogens is 364 g/mol. The Hall–Kier alpha value is -2.67. The number of hydrogen-bond acceptors (Lipinski definition) is 1. The molecule has 3 aliphatic rings. The Balaban J connectivity index is 0.000000305. The summed E-state index contributed by atoms with van der Waals surface area (Å²) in [5.41, 5.74) is 6.79. The van der Waals surface area contributed by atoms with Gasteiger partial charge in [-0.1, -0.05) is 100 Å². The molecule has 0 amide bonds. The van der Waals surface area contributed by atoms with Gasteiger partial charge in [0.05, 0.1) is 0 Å². The molecule has 0 aromatic heterocycles. The molecule has 3 aliphatic carbocycles. The first kappa shape index (κ1) is 20.6. The van der Waals surface area contributed by atoms with E-state index in [2.05, 4.69) is 107 Å². The van der Waals surface area contributed by atoms with Crippen molar-refractivity contribution < 1.29 is 4.79 Å². The van der Waals surface area contributed by atoms with Gasteiger partial charge in [0.25, 0.3) is 0 Å². The molecule has 0 spiro atoms. The third-order valence-electron chi connectivity index (χ3n) is 7.17. The fraction of sp³-hybridized carbons (Fsp3) is 0.345. The third kappa shape index (κ3) is 3.62. The standard InChI is InChI=1S/C23H28O.C6H4/c1-16-19-13-9-10-14-20(19)23(5,21(16)17(2)24)15-22(3,4)18-11-7-6-8-12-18;1-2-5-4-6(5)3-1/h6-14,16,21H,15H2,1-5H3;1-4H. The second-order valence-electron chi connectivity index (χ2n) is 9.89. The minimum absolute atomic E-state index is 0.0148. The van der Waals surface area contributed by atoms with Crippen LogP contribution in [0.2, 0.25) is 0 Å². The van der Waals surface area contributed by atoms with Crippen molar-refractivity contribution >= 4 is 5.78 Å². The zero-order chi connectivity index (χ0) is 21.5. The van der Waals surface area contributed by atoms with Gasteiger partial charge >= 0.3 is 0 Å². The molecule has 30 heavy (non-hydrogen) atoms. The molecule has 1 heteroatoms. The predicted octanol–water partition coefficient (Wildman–Crippen LogP) is 7.30. The summed E-state index contributed by atoms with van der Waals surface area (Å²) in [5.74, 6) is 0.651. The molecule has 0 aliphatic heterocycles. The van der Waals surface area contributed by atoms with Crippen LogP contribution in [0.25, 0.3) is 11.1 Å². The fourth-order valence-corrected chi connectivity index (χ4v) is 5.90. The Morgan fingerprint density at radius 3 is 2.03 bits per heavy atom. The van der Waals surface area contributed by atoms with Gasteiger partial charge in [0, 0.05) is 11.3 Å². The van der Waals surface area contributed by atoms with Crippen molar-refractivity contribution in [3.63, 3.8) is 0 Å². The zero-order valence-electron chi connectivity index (χ0n) is 18.8. The average Bonchev–Trinajstić information content (AvgIpc) is 3.25. The normalized spacial score (nSPS) is 23.2. The van der Waals surface area contributed by atoms with Crippen LogP contribution in [-0.2, 0) is 15.6 Å². The van der Waals surface area contributed by atoms with E-state index >= 15 is 0 Å². The molecule has 1 nitrogen and oxygen atoms in total. The molecule has 2 aromatic carbocycles. The van der Waals surface area contributed by atoms with E-state index in [-0.39, 0.29) is 22.7 Å². The quantitative estimate of drug-likeness (QED) is 0.354. The van der Waals surface area contributed by atoms with Crippen LogP contribution in [0.15, 0.2) is 78.9 Å². The van der Waals surface area contributed by atoms with Crippen LogP contribution >= 0.6 is 0 Å². The summed E-state index contributed by atoms with van der Waals surface area (Å²) in [6.07, 6.45) is 0.968. The summed E-state index contributed by atoms with van der Waals surface area (Å²) in [6.45, 7) is 10.9. The molecule has 154 valence electrons. The van der Waals surface area contributed by atoms with Gasteiger partial charge in [0.1, 0.15) is 5.78 Å². The van der Waals surface area contributed by atoms with Crippen LogP contribution < -0.4 is 0 Å². The molecule has 3 unspecified atom stereocenters. The highest BCUT2D eigenvalue weighted by molar-refractivity contribution is 5.83. The second kappa shape index (κ2) is 7.54. The van der Waals surface area contributed by atoms with E-state index in [9.17, 15) is 4.79 Å². The van der Waals surface area contributed by atoms with Gasteiger partial charge in [0.15, 0.2) is 0 Å². The number of Topliss-reactive ketones (excluding diaryl/α,β-unsaturated/α-hetero) is 1. The summed E-state index contributed by atoms with van der Waals surface area (Å²) >= 11 is 0. The summed E-state index contributed by atoms with van der Waals surface area (Å²) in [4.78, 5) is 12.6. The van der Waals surface area contributed by atoms with Crippen molar-refractivity contribution in [2.75, 3.05) is 0 Å². The van der Waals surface area contributed by atoms with E-state index in [0.29, 0.717) is 5.78 Å². The van der Waals surface area contributed by atoms with E-state index in [4.69, 9.17) is 0 Å². The minimum Gasteiger partial charge on any atom is -0.300 e. The molecule has 0 fully saturated rings. The van der Waals surface area contributed by atoms with E-state index in [1.165, 1.54) is 27.8 Å². The summed E-state index contributed by atoms with van der Waals surface area (Å²) in [6, 6.07) is 27.8. The molecule has 0 saturated carbocycles. The maximum atomic E-state index is 12.6. The van der Waals surface area contributed by atoms with Gasteiger partial charge < -0.3 is 0 Å². The number of hydrogen-bond donors (Lipinski definition) is 0. The molecule has 2 aromatic rings. The molecule has 0 radical (unpaired) electrons.